The molecule has 1 unspecified atom stereocenters. The van der Waals surface area contributed by atoms with Crippen LogP contribution in [0.4, 0.5) is 10.5 Å². The molecule has 0 aromatic heterocycles. The number of ether oxygens (including phenoxy) is 1. The highest BCUT2D eigenvalue weighted by Crippen LogP contribution is 2.23. The Kier molecular flexibility index (Phi) is 5.68. The summed E-state index contributed by atoms with van der Waals surface area (Å²) in [5, 5.41) is 2.19. The van der Waals surface area contributed by atoms with Gasteiger partial charge >= 0.3 is 6.03 Å². The summed E-state index contributed by atoms with van der Waals surface area (Å²) in [6.45, 7) is 4.61. The van der Waals surface area contributed by atoms with Crippen molar-refractivity contribution >= 4 is 29.7 Å². The predicted octanol–water partition coefficient (Wildman–Crippen LogP) is 2.01. The van der Waals surface area contributed by atoms with Gasteiger partial charge in [0.2, 0.25) is 5.91 Å². The van der Waals surface area contributed by atoms with Crippen LogP contribution in [0.15, 0.2) is 29.3 Å². The van der Waals surface area contributed by atoms with Gasteiger partial charge in [0, 0.05) is 12.8 Å². The molecule has 1 aromatic rings. The number of carbonyl (C=O) groups excluding carboxylic acids is 3. The molecule has 128 valence electrons. The van der Waals surface area contributed by atoms with E-state index in [-0.39, 0.29) is 0 Å². The number of carbonyl (C=O) groups is 3. The second-order valence-corrected chi connectivity index (χ2v) is 5.67. The molecule has 0 saturated carbocycles. The largest absolute Gasteiger partial charge is 0.497 e. The van der Waals surface area contributed by atoms with Crippen LogP contribution < -0.4 is 15.0 Å². The van der Waals surface area contributed by atoms with E-state index in [9.17, 15) is 14.4 Å². The second kappa shape index (κ2) is 7.72. The van der Waals surface area contributed by atoms with Crippen LogP contribution in [0, 0.1) is 11.8 Å². The summed E-state index contributed by atoms with van der Waals surface area (Å²) in [4.78, 5) is 41.7. The Morgan fingerprint density at radius 2 is 1.96 bits per heavy atom. The van der Waals surface area contributed by atoms with Crippen molar-refractivity contribution in [3.8, 4) is 5.75 Å². The number of hydrogen-bond donors (Lipinski definition) is 1. The maximum atomic E-state index is 12.6. The van der Waals surface area contributed by atoms with E-state index in [1.54, 1.807) is 24.3 Å². The molecule has 2 rings (SSSR count). The van der Waals surface area contributed by atoms with Gasteiger partial charge < -0.3 is 4.74 Å². The van der Waals surface area contributed by atoms with E-state index in [1.165, 1.54) is 13.3 Å². The highest BCUT2D eigenvalue weighted by atomic mass is 16.5. The van der Waals surface area contributed by atoms with E-state index in [0.29, 0.717) is 23.9 Å². The van der Waals surface area contributed by atoms with Gasteiger partial charge in [0.15, 0.2) is 5.92 Å². The zero-order valence-corrected chi connectivity index (χ0v) is 14.0. The number of benzene rings is 1. The first-order valence-corrected chi connectivity index (χ1v) is 7.80. The molecule has 1 aliphatic rings. The normalized spacial score (nSPS) is 19.5. The molecule has 2 atom stereocenters. The highest BCUT2D eigenvalue weighted by Gasteiger charge is 2.40. The SMILES string of the molecule is CC[C@@H](C)CN=CC1C(=O)NC(=O)N(c2ccc(OC)cc2)C1=O. The molecule has 1 aromatic carbocycles. The molecule has 7 nitrogen and oxygen atoms in total. The van der Waals surface area contributed by atoms with Crippen LogP contribution >= 0.6 is 0 Å². The van der Waals surface area contributed by atoms with Crippen molar-refractivity contribution in [1.82, 2.24) is 5.32 Å². The minimum Gasteiger partial charge on any atom is -0.497 e. The lowest BCUT2D eigenvalue weighted by Crippen LogP contribution is -2.58. The summed E-state index contributed by atoms with van der Waals surface area (Å²) in [7, 11) is 1.52. The molecule has 1 fully saturated rings. The molecule has 1 aliphatic heterocycles. The number of barbiturate groups is 1. The minimum absolute atomic E-state index is 0.363. The Morgan fingerprint density at radius 1 is 1.29 bits per heavy atom. The maximum Gasteiger partial charge on any atom is 0.335 e. The number of urea groups is 1. The monoisotopic (exact) mass is 331 g/mol. The second-order valence-electron chi connectivity index (χ2n) is 5.67. The van der Waals surface area contributed by atoms with E-state index in [0.717, 1.165) is 11.3 Å². The zero-order valence-electron chi connectivity index (χ0n) is 14.0. The number of amides is 4. The standard InChI is InChI=1S/C17H21N3O4/c1-4-11(2)9-18-10-14-15(21)19-17(23)20(16(14)22)12-5-7-13(24-3)8-6-12/h5-8,10-11,14H,4,9H2,1-3H3,(H,19,21,23)/t11-,14?/m1/s1. The van der Waals surface area contributed by atoms with Gasteiger partial charge in [-0.2, -0.15) is 0 Å². The first kappa shape index (κ1) is 17.7. The van der Waals surface area contributed by atoms with Gasteiger partial charge in [0.05, 0.1) is 12.8 Å². The van der Waals surface area contributed by atoms with E-state index in [1.807, 2.05) is 13.8 Å². The van der Waals surface area contributed by atoms with Gasteiger partial charge in [-0.15, -0.1) is 0 Å². The van der Waals surface area contributed by atoms with Gasteiger partial charge in [-0.1, -0.05) is 20.3 Å². The third-order valence-corrected chi connectivity index (χ3v) is 3.90. The van der Waals surface area contributed by atoms with Crippen molar-refractivity contribution < 1.29 is 19.1 Å². The quantitative estimate of drug-likeness (QED) is 0.638. The summed E-state index contributed by atoms with van der Waals surface area (Å²) in [6.07, 6.45) is 2.28. The number of nitrogens with zero attached hydrogens (tertiary/aromatic N) is 2. The molecular formula is C17H21N3O4. The molecule has 1 N–H and O–H groups in total. The first-order valence-electron chi connectivity index (χ1n) is 7.80. The first-order chi connectivity index (χ1) is 11.5. The fourth-order valence-electron chi connectivity index (χ4n) is 2.17. The van der Waals surface area contributed by atoms with Crippen molar-refractivity contribution in [1.29, 1.82) is 0 Å². The number of nitrogens with one attached hydrogen (secondary N) is 1. The molecule has 4 amide bonds. The third kappa shape index (κ3) is 3.79. The number of hydrogen-bond acceptors (Lipinski definition) is 5. The Bertz CT molecular complexity index is 654. The number of rotatable bonds is 6. The molecule has 7 heteroatoms. The van der Waals surface area contributed by atoms with Crippen molar-refractivity contribution in [2.24, 2.45) is 16.8 Å². The molecule has 1 saturated heterocycles. The molecule has 0 aliphatic carbocycles. The fourth-order valence-corrected chi connectivity index (χ4v) is 2.17. The third-order valence-electron chi connectivity index (χ3n) is 3.90. The lowest BCUT2D eigenvalue weighted by molar-refractivity contribution is -0.131. The van der Waals surface area contributed by atoms with Gasteiger partial charge in [-0.3, -0.25) is 19.9 Å². The van der Waals surface area contributed by atoms with E-state index < -0.39 is 23.8 Å². The van der Waals surface area contributed by atoms with E-state index in [4.69, 9.17) is 4.74 Å². The summed E-state index contributed by atoms with van der Waals surface area (Å²) < 4.78 is 5.06. The number of aliphatic imine (C=N–C) groups is 1. The van der Waals surface area contributed by atoms with Crippen LogP contribution in [0.3, 0.4) is 0 Å². The summed E-state index contributed by atoms with van der Waals surface area (Å²) in [6, 6.07) is 5.68. The molecule has 0 spiro atoms. The van der Waals surface area contributed by atoms with Gasteiger partial charge in [-0.25, -0.2) is 9.69 Å². The number of imide groups is 2. The smallest absolute Gasteiger partial charge is 0.335 e. The van der Waals surface area contributed by atoms with Crippen LogP contribution in [0.2, 0.25) is 0 Å². The predicted molar refractivity (Wildman–Crippen MR) is 90.3 cm³/mol. The maximum absolute atomic E-state index is 12.6. The van der Waals surface area contributed by atoms with Crippen LogP contribution in [-0.4, -0.2) is 37.7 Å². The molecule has 1 heterocycles. The summed E-state index contributed by atoms with van der Waals surface area (Å²) >= 11 is 0. The van der Waals surface area contributed by atoms with E-state index in [2.05, 4.69) is 10.3 Å². The minimum atomic E-state index is -1.10. The van der Waals surface area contributed by atoms with Gasteiger partial charge in [-0.05, 0) is 30.2 Å². The Labute approximate surface area is 140 Å². The van der Waals surface area contributed by atoms with Crippen LogP contribution in [0.1, 0.15) is 20.3 Å². The molecule has 0 radical (unpaired) electrons. The van der Waals surface area contributed by atoms with Crippen molar-refractivity contribution in [3.05, 3.63) is 24.3 Å². The topological polar surface area (TPSA) is 88.1 Å². The molecular weight excluding hydrogens is 310 g/mol. The summed E-state index contributed by atoms with van der Waals surface area (Å²) in [5.74, 6) is -1.40. The molecule has 24 heavy (non-hydrogen) atoms. The lowest BCUT2D eigenvalue weighted by Gasteiger charge is -2.28. The van der Waals surface area contributed by atoms with Crippen molar-refractivity contribution in [2.75, 3.05) is 18.6 Å². The number of anilines is 1. The van der Waals surface area contributed by atoms with Crippen molar-refractivity contribution in [2.45, 2.75) is 20.3 Å². The number of methoxy groups -OCH3 is 1. The van der Waals surface area contributed by atoms with E-state index >= 15 is 0 Å². The summed E-state index contributed by atoms with van der Waals surface area (Å²) in [5.41, 5.74) is 0.367. The average Bonchev–Trinajstić information content (AvgIpc) is 2.57. The molecule has 0 bridgehead atoms. The average molecular weight is 331 g/mol. The Morgan fingerprint density at radius 3 is 2.54 bits per heavy atom. The zero-order chi connectivity index (χ0) is 17.7. The Hall–Kier alpha value is -2.70. The van der Waals surface area contributed by atoms with Crippen LogP contribution in [0.25, 0.3) is 0 Å². The lowest BCUT2D eigenvalue weighted by atomic mass is 10.1. The fraction of sp³-hybridized carbons (Fsp3) is 0.412. The van der Waals surface area contributed by atoms with Gasteiger partial charge in [0.1, 0.15) is 5.75 Å². The van der Waals surface area contributed by atoms with Gasteiger partial charge in [0.25, 0.3) is 5.91 Å². The highest BCUT2D eigenvalue weighted by molar-refractivity contribution is 6.32. The van der Waals surface area contributed by atoms with Crippen molar-refractivity contribution in [3.63, 3.8) is 0 Å². The van der Waals surface area contributed by atoms with Crippen LogP contribution in [-0.2, 0) is 9.59 Å². The van der Waals surface area contributed by atoms with Crippen LogP contribution in [0.5, 0.6) is 5.75 Å². The Balaban J connectivity index is 2.20.